The van der Waals surface area contributed by atoms with E-state index in [1.54, 1.807) is 0 Å². The van der Waals surface area contributed by atoms with Crippen molar-refractivity contribution in [1.29, 1.82) is 0 Å². The molecule has 1 atom stereocenters. The summed E-state index contributed by atoms with van der Waals surface area (Å²) < 4.78 is 1.20. The van der Waals surface area contributed by atoms with Crippen molar-refractivity contribution in [3.63, 3.8) is 0 Å². The molecule has 3 rings (SSSR count). The van der Waals surface area contributed by atoms with Crippen LogP contribution < -0.4 is 10.9 Å². The minimum atomic E-state index is -0.391. The first kappa shape index (κ1) is 20.8. The number of nitrogens with zero attached hydrogens (tertiary/aromatic N) is 3. The Balaban J connectivity index is 1.67. The van der Waals surface area contributed by atoms with Gasteiger partial charge in [-0.25, -0.2) is 4.68 Å². The second kappa shape index (κ2) is 9.03. The molecule has 1 aromatic heterocycles. The molecular weight excluding hydrogens is 368 g/mol. The molecule has 1 aliphatic heterocycles. The average molecular weight is 396 g/mol. The van der Waals surface area contributed by atoms with Gasteiger partial charge < -0.3 is 10.2 Å². The van der Waals surface area contributed by atoms with Gasteiger partial charge in [0.25, 0.3) is 11.5 Å². The Kier molecular flexibility index (Phi) is 6.46. The number of amides is 2. The van der Waals surface area contributed by atoms with Crippen LogP contribution in [0.25, 0.3) is 0 Å². The third kappa shape index (κ3) is 5.10. The second-order valence-corrected chi connectivity index (χ2v) is 7.72. The molecule has 0 saturated carbocycles. The van der Waals surface area contributed by atoms with Gasteiger partial charge in [-0.05, 0) is 69.4 Å². The summed E-state index contributed by atoms with van der Waals surface area (Å²) in [5.74, 6) is -0.367. The Morgan fingerprint density at radius 1 is 1.14 bits per heavy atom. The summed E-state index contributed by atoms with van der Waals surface area (Å²) >= 11 is 0. The molecule has 1 saturated heterocycles. The summed E-state index contributed by atoms with van der Waals surface area (Å²) in [5.41, 5.74) is 2.70. The molecular formula is C22H28N4O3. The lowest BCUT2D eigenvalue weighted by molar-refractivity contribution is -0.134. The maximum atomic E-state index is 12.5. The van der Waals surface area contributed by atoms with Gasteiger partial charge >= 0.3 is 0 Å². The van der Waals surface area contributed by atoms with Crippen molar-refractivity contribution < 1.29 is 9.59 Å². The molecule has 7 nitrogen and oxygen atoms in total. The fraction of sp³-hybridized carbons (Fsp3) is 0.455. The number of likely N-dealkylation sites (tertiary alicyclic amines) is 1. The van der Waals surface area contributed by atoms with Crippen LogP contribution in [-0.4, -0.2) is 39.1 Å². The fourth-order valence-corrected chi connectivity index (χ4v) is 3.56. The summed E-state index contributed by atoms with van der Waals surface area (Å²) in [6, 6.07) is 8.61. The largest absolute Gasteiger partial charge is 0.340 e. The van der Waals surface area contributed by atoms with E-state index in [0.717, 1.165) is 36.9 Å². The Bertz CT molecular complexity index is 967. The van der Waals surface area contributed by atoms with Crippen molar-refractivity contribution >= 4 is 17.5 Å². The van der Waals surface area contributed by atoms with Crippen LogP contribution in [0.5, 0.6) is 0 Å². The number of carbonyl (C=O) groups is 2. The SMILES string of the molecule is Cc1ccc(NC(=O)c2ccc(=O)n(CCC(=O)N3CCCCC3C)n2)cc1C. The van der Waals surface area contributed by atoms with E-state index in [0.29, 0.717) is 5.69 Å². The normalized spacial score (nSPS) is 16.5. The Morgan fingerprint density at radius 3 is 2.66 bits per heavy atom. The molecule has 7 heteroatoms. The quantitative estimate of drug-likeness (QED) is 0.842. The molecule has 0 radical (unpaired) electrons. The molecule has 0 aliphatic carbocycles. The number of piperidine rings is 1. The summed E-state index contributed by atoms with van der Waals surface area (Å²) in [5, 5.41) is 6.97. The van der Waals surface area contributed by atoms with E-state index in [9.17, 15) is 14.4 Å². The first-order chi connectivity index (χ1) is 13.8. The van der Waals surface area contributed by atoms with E-state index in [1.165, 1.54) is 16.8 Å². The molecule has 29 heavy (non-hydrogen) atoms. The Hall–Kier alpha value is -2.96. The van der Waals surface area contributed by atoms with Gasteiger partial charge in [0.1, 0.15) is 5.69 Å². The molecule has 2 aromatic rings. The van der Waals surface area contributed by atoms with Gasteiger partial charge in [-0.15, -0.1) is 0 Å². The lowest BCUT2D eigenvalue weighted by Crippen LogP contribution is -2.42. The molecule has 2 heterocycles. The Labute approximate surface area is 170 Å². The molecule has 0 bridgehead atoms. The van der Waals surface area contributed by atoms with E-state index in [2.05, 4.69) is 17.3 Å². The van der Waals surface area contributed by atoms with E-state index in [1.807, 2.05) is 36.9 Å². The standard InChI is InChI=1S/C22H28N4O3/c1-15-7-8-18(14-16(15)2)23-22(29)19-9-10-21(28)26(24-19)13-11-20(27)25-12-5-4-6-17(25)3/h7-10,14,17H,4-6,11-13H2,1-3H3,(H,23,29). The third-order valence-corrected chi connectivity index (χ3v) is 5.52. The molecule has 1 N–H and O–H groups in total. The summed E-state index contributed by atoms with van der Waals surface area (Å²) in [4.78, 5) is 39.1. The number of benzene rings is 1. The zero-order chi connectivity index (χ0) is 21.0. The topological polar surface area (TPSA) is 84.3 Å². The van der Waals surface area contributed by atoms with Crippen LogP contribution in [0.4, 0.5) is 5.69 Å². The molecule has 1 aliphatic rings. The first-order valence-corrected chi connectivity index (χ1v) is 10.1. The highest BCUT2D eigenvalue weighted by Gasteiger charge is 2.23. The molecule has 154 valence electrons. The van der Waals surface area contributed by atoms with Crippen molar-refractivity contribution in [3.05, 3.63) is 57.5 Å². The van der Waals surface area contributed by atoms with E-state index in [4.69, 9.17) is 0 Å². The zero-order valence-electron chi connectivity index (χ0n) is 17.3. The van der Waals surface area contributed by atoms with Gasteiger partial charge in [0.2, 0.25) is 5.91 Å². The Morgan fingerprint density at radius 2 is 1.93 bits per heavy atom. The van der Waals surface area contributed by atoms with Crippen LogP contribution in [-0.2, 0) is 11.3 Å². The number of carbonyl (C=O) groups excluding carboxylic acids is 2. The number of nitrogens with one attached hydrogen (secondary N) is 1. The minimum Gasteiger partial charge on any atom is -0.340 e. The molecule has 2 amide bonds. The van der Waals surface area contributed by atoms with Crippen molar-refractivity contribution in [1.82, 2.24) is 14.7 Å². The van der Waals surface area contributed by atoms with Crippen molar-refractivity contribution in [2.45, 2.75) is 59.0 Å². The van der Waals surface area contributed by atoms with Gasteiger partial charge in [0.15, 0.2) is 0 Å². The van der Waals surface area contributed by atoms with Crippen molar-refractivity contribution in [2.75, 3.05) is 11.9 Å². The third-order valence-electron chi connectivity index (χ3n) is 5.52. The van der Waals surface area contributed by atoms with Crippen molar-refractivity contribution in [3.8, 4) is 0 Å². The van der Waals surface area contributed by atoms with Crippen LogP contribution in [0.2, 0.25) is 0 Å². The van der Waals surface area contributed by atoms with Gasteiger partial charge in [0, 0.05) is 30.8 Å². The highest BCUT2D eigenvalue weighted by atomic mass is 16.2. The van der Waals surface area contributed by atoms with E-state index < -0.39 is 5.91 Å². The number of anilines is 1. The summed E-state index contributed by atoms with van der Waals surface area (Å²) in [6.45, 7) is 6.96. The molecule has 0 spiro atoms. The molecule has 1 aromatic carbocycles. The number of hydrogen-bond acceptors (Lipinski definition) is 4. The number of hydrogen-bond donors (Lipinski definition) is 1. The van der Waals surface area contributed by atoms with E-state index in [-0.39, 0.29) is 36.2 Å². The number of aromatic nitrogens is 2. The number of rotatable bonds is 5. The zero-order valence-corrected chi connectivity index (χ0v) is 17.3. The summed E-state index contributed by atoms with van der Waals surface area (Å²) in [7, 11) is 0. The minimum absolute atomic E-state index is 0.0240. The van der Waals surface area contributed by atoms with E-state index >= 15 is 0 Å². The fourth-order valence-electron chi connectivity index (χ4n) is 3.56. The molecule has 1 fully saturated rings. The number of aryl methyl sites for hydroxylation is 3. The van der Waals surface area contributed by atoms with Crippen LogP contribution in [0.3, 0.4) is 0 Å². The average Bonchev–Trinajstić information content (AvgIpc) is 2.70. The predicted octanol–water partition coefficient (Wildman–Crippen LogP) is 2.90. The first-order valence-electron chi connectivity index (χ1n) is 10.1. The maximum absolute atomic E-state index is 12.5. The molecule has 1 unspecified atom stereocenters. The van der Waals surface area contributed by atoms with Crippen molar-refractivity contribution in [2.24, 2.45) is 0 Å². The smallest absolute Gasteiger partial charge is 0.276 e. The van der Waals surface area contributed by atoms with Crippen LogP contribution in [0.1, 0.15) is 54.2 Å². The maximum Gasteiger partial charge on any atom is 0.276 e. The van der Waals surface area contributed by atoms with Gasteiger partial charge in [0.05, 0.1) is 6.54 Å². The van der Waals surface area contributed by atoms with Gasteiger partial charge in [-0.3, -0.25) is 14.4 Å². The summed E-state index contributed by atoms with van der Waals surface area (Å²) in [6.07, 6.45) is 3.36. The second-order valence-electron chi connectivity index (χ2n) is 7.72. The monoisotopic (exact) mass is 396 g/mol. The lowest BCUT2D eigenvalue weighted by Gasteiger charge is -2.33. The highest BCUT2D eigenvalue weighted by Crippen LogP contribution is 2.17. The van der Waals surface area contributed by atoms with Crippen LogP contribution in [0, 0.1) is 13.8 Å². The van der Waals surface area contributed by atoms with Crippen LogP contribution >= 0.6 is 0 Å². The lowest BCUT2D eigenvalue weighted by atomic mass is 10.0. The highest BCUT2D eigenvalue weighted by molar-refractivity contribution is 6.02. The van der Waals surface area contributed by atoms with Gasteiger partial charge in [-0.2, -0.15) is 5.10 Å². The predicted molar refractivity (Wildman–Crippen MR) is 112 cm³/mol. The van der Waals surface area contributed by atoms with Crippen LogP contribution in [0.15, 0.2) is 35.1 Å². The van der Waals surface area contributed by atoms with Gasteiger partial charge in [-0.1, -0.05) is 6.07 Å².